The van der Waals surface area contributed by atoms with Crippen molar-refractivity contribution in [1.29, 1.82) is 0 Å². The summed E-state index contributed by atoms with van der Waals surface area (Å²) in [6.07, 6.45) is 4.50. The van der Waals surface area contributed by atoms with Crippen LogP contribution in [0.15, 0.2) is 0 Å². The van der Waals surface area contributed by atoms with Crippen LogP contribution in [0.3, 0.4) is 0 Å². The lowest BCUT2D eigenvalue weighted by molar-refractivity contribution is -0.139. The second-order valence-corrected chi connectivity index (χ2v) is 5.88. The first-order valence-corrected chi connectivity index (χ1v) is 6.33. The number of carboxylic acids is 1. The standard InChI is InChI=1S/C13H25NO2/c1-5-10(2)14(9-12(15)16)11-6-7-13(3,4)8-11/h10-11H,5-9H2,1-4H3,(H,15,16). The van der Waals surface area contributed by atoms with Gasteiger partial charge >= 0.3 is 5.97 Å². The lowest BCUT2D eigenvalue weighted by atomic mass is 9.91. The van der Waals surface area contributed by atoms with Crippen LogP contribution in [0.1, 0.15) is 53.4 Å². The highest BCUT2D eigenvalue weighted by Crippen LogP contribution is 2.40. The molecule has 1 saturated carbocycles. The van der Waals surface area contributed by atoms with Crippen molar-refractivity contribution in [2.45, 2.75) is 65.5 Å². The average molecular weight is 227 g/mol. The Morgan fingerprint density at radius 1 is 1.56 bits per heavy atom. The Hall–Kier alpha value is -0.570. The van der Waals surface area contributed by atoms with Gasteiger partial charge in [0.15, 0.2) is 0 Å². The number of aliphatic carboxylic acids is 1. The molecule has 0 aromatic heterocycles. The van der Waals surface area contributed by atoms with Crippen LogP contribution in [0, 0.1) is 5.41 Å². The van der Waals surface area contributed by atoms with Gasteiger partial charge in [-0.2, -0.15) is 0 Å². The Bertz CT molecular complexity index is 250. The zero-order chi connectivity index (χ0) is 12.3. The average Bonchev–Trinajstić information content (AvgIpc) is 2.53. The van der Waals surface area contributed by atoms with E-state index in [2.05, 4.69) is 32.6 Å². The predicted molar refractivity (Wildman–Crippen MR) is 65.5 cm³/mol. The number of rotatable bonds is 5. The maximum atomic E-state index is 10.9. The smallest absolute Gasteiger partial charge is 0.317 e. The van der Waals surface area contributed by atoms with Crippen LogP contribution in [0.4, 0.5) is 0 Å². The van der Waals surface area contributed by atoms with Gasteiger partial charge in [0.05, 0.1) is 6.54 Å². The molecule has 0 aromatic rings. The Kier molecular flexibility index (Phi) is 4.36. The highest BCUT2D eigenvalue weighted by atomic mass is 16.4. The van der Waals surface area contributed by atoms with Crippen molar-refractivity contribution in [2.24, 2.45) is 5.41 Å². The zero-order valence-corrected chi connectivity index (χ0v) is 11.0. The molecule has 94 valence electrons. The van der Waals surface area contributed by atoms with Gasteiger partial charge < -0.3 is 5.11 Å². The van der Waals surface area contributed by atoms with E-state index in [1.807, 2.05) is 0 Å². The molecule has 0 aliphatic heterocycles. The molecule has 1 aliphatic carbocycles. The van der Waals surface area contributed by atoms with Crippen molar-refractivity contribution < 1.29 is 9.90 Å². The second kappa shape index (κ2) is 5.17. The van der Waals surface area contributed by atoms with E-state index < -0.39 is 5.97 Å². The van der Waals surface area contributed by atoms with E-state index >= 15 is 0 Å². The third-order valence-corrected chi connectivity index (χ3v) is 3.89. The molecule has 1 fully saturated rings. The second-order valence-electron chi connectivity index (χ2n) is 5.88. The summed E-state index contributed by atoms with van der Waals surface area (Å²) < 4.78 is 0. The molecule has 1 aliphatic rings. The first kappa shape index (κ1) is 13.5. The lowest BCUT2D eigenvalue weighted by Gasteiger charge is -2.33. The summed E-state index contributed by atoms with van der Waals surface area (Å²) >= 11 is 0. The number of carbonyl (C=O) groups is 1. The van der Waals surface area contributed by atoms with Gasteiger partial charge in [-0.3, -0.25) is 9.69 Å². The van der Waals surface area contributed by atoms with Crippen molar-refractivity contribution >= 4 is 5.97 Å². The molecule has 0 heterocycles. The fourth-order valence-corrected chi connectivity index (χ4v) is 2.72. The van der Waals surface area contributed by atoms with Crippen molar-refractivity contribution in [3.63, 3.8) is 0 Å². The van der Waals surface area contributed by atoms with Crippen LogP contribution >= 0.6 is 0 Å². The zero-order valence-electron chi connectivity index (χ0n) is 11.0. The number of nitrogens with zero attached hydrogens (tertiary/aromatic N) is 1. The van der Waals surface area contributed by atoms with E-state index in [0.717, 1.165) is 19.3 Å². The third kappa shape index (κ3) is 3.48. The number of carboxylic acid groups (broad SMARTS) is 1. The molecule has 0 radical (unpaired) electrons. The molecule has 2 atom stereocenters. The monoisotopic (exact) mass is 227 g/mol. The van der Waals surface area contributed by atoms with Gasteiger partial charge in [0.2, 0.25) is 0 Å². The summed E-state index contributed by atoms with van der Waals surface area (Å²) in [5.41, 5.74) is 0.384. The Labute approximate surface area is 98.8 Å². The summed E-state index contributed by atoms with van der Waals surface area (Å²) in [6.45, 7) is 9.01. The highest BCUT2D eigenvalue weighted by molar-refractivity contribution is 5.69. The first-order valence-electron chi connectivity index (χ1n) is 6.33. The van der Waals surface area contributed by atoms with E-state index in [1.54, 1.807) is 0 Å². The molecular weight excluding hydrogens is 202 g/mol. The van der Waals surface area contributed by atoms with Crippen LogP contribution in [-0.2, 0) is 4.79 Å². The Balaban J connectivity index is 2.66. The summed E-state index contributed by atoms with van der Waals surface area (Å²) in [5.74, 6) is -0.704. The van der Waals surface area contributed by atoms with Crippen LogP contribution in [0.5, 0.6) is 0 Å². The maximum absolute atomic E-state index is 10.9. The van der Waals surface area contributed by atoms with Gasteiger partial charge in [-0.05, 0) is 38.0 Å². The minimum atomic E-state index is -0.704. The molecule has 0 amide bonds. The van der Waals surface area contributed by atoms with Crippen LogP contribution in [0.2, 0.25) is 0 Å². The fraction of sp³-hybridized carbons (Fsp3) is 0.923. The molecule has 16 heavy (non-hydrogen) atoms. The van der Waals surface area contributed by atoms with Gasteiger partial charge in [0.1, 0.15) is 0 Å². The molecule has 3 heteroatoms. The first-order chi connectivity index (χ1) is 7.35. The molecule has 0 aromatic carbocycles. The van der Waals surface area contributed by atoms with Gasteiger partial charge in [-0.15, -0.1) is 0 Å². The Morgan fingerprint density at radius 2 is 2.19 bits per heavy atom. The molecule has 2 unspecified atom stereocenters. The van der Waals surface area contributed by atoms with E-state index in [4.69, 9.17) is 5.11 Å². The Morgan fingerprint density at radius 3 is 2.56 bits per heavy atom. The molecule has 0 spiro atoms. The molecule has 0 saturated heterocycles. The summed E-state index contributed by atoms with van der Waals surface area (Å²) in [4.78, 5) is 13.1. The molecular formula is C13H25NO2. The predicted octanol–water partition coefficient (Wildman–Crippen LogP) is 2.75. The molecule has 0 bridgehead atoms. The van der Waals surface area contributed by atoms with Crippen LogP contribution < -0.4 is 0 Å². The summed E-state index contributed by atoms with van der Waals surface area (Å²) in [6, 6.07) is 0.830. The van der Waals surface area contributed by atoms with E-state index in [9.17, 15) is 4.79 Å². The van der Waals surface area contributed by atoms with Crippen molar-refractivity contribution in [3.05, 3.63) is 0 Å². The molecule has 1 N–H and O–H groups in total. The van der Waals surface area contributed by atoms with Crippen molar-refractivity contribution in [3.8, 4) is 0 Å². The lowest BCUT2D eigenvalue weighted by Crippen LogP contribution is -2.43. The quantitative estimate of drug-likeness (QED) is 0.785. The van der Waals surface area contributed by atoms with Crippen molar-refractivity contribution in [2.75, 3.05) is 6.54 Å². The van der Waals surface area contributed by atoms with Gasteiger partial charge in [0, 0.05) is 12.1 Å². The summed E-state index contributed by atoms with van der Waals surface area (Å²) in [5, 5.41) is 8.98. The highest BCUT2D eigenvalue weighted by Gasteiger charge is 2.36. The minimum Gasteiger partial charge on any atom is -0.480 e. The van der Waals surface area contributed by atoms with Crippen LogP contribution in [-0.4, -0.2) is 34.6 Å². The van der Waals surface area contributed by atoms with Crippen molar-refractivity contribution in [1.82, 2.24) is 4.90 Å². The maximum Gasteiger partial charge on any atom is 0.317 e. The number of hydrogen-bond acceptors (Lipinski definition) is 2. The summed E-state index contributed by atoms with van der Waals surface area (Å²) in [7, 11) is 0. The van der Waals surface area contributed by atoms with Gasteiger partial charge in [0.25, 0.3) is 0 Å². The topological polar surface area (TPSA) is 40.5 Å². The molecule has 3 nitrogen and oxygen atoms in total. The van der Waals surface area contributed by atoms with Gasteiger partial charge in [-0.25, -0.2) is 0 Å². The minimum absolute atomic E-state index is 0.190. The van der Waals surface area contributed by atoms with Gasteiger partial charge in [-0.1, -0.05) is 20.8 Å². The van der Waals surface area contributed by atoms with E-state index in [0.29, 0.717) is 17.5 Å². The van der Waals surface area contributed by atoms with Crippen LogP contribution in [0.25, 0.3) is 0 Å². The SMILES string of the molecule is CCC(C)N(CC(=O)O)C1CCC(C)(C)C1. The fourth-order valence-electron chi connectivity index (χ4n) is 2.72. The third-order valence-electron chi connectivity index (χ3n) is 3.89. The largest absolute Gasteiger partial charge is 0.480 e. The van der Waals surface area contributed by atoms with E-state index in [1.165, 1.54) is 6.42 Å². The number of hydrogen-bond donors (Lipinski definition) is 1. The normalized spacial score (nSPS) is 25.9. The molecule has 1 rings (SSSR count). The van der Waals surface area contributed by atoms with E-state index in [-0.39, 0.29) is 6.54 Å².